The number of aliphatic hydroxyl groups is 3. The van der Waals surface area contributed by atoms with Gasteiger partial charge in [-0.05, 0) is 63.9 Å². The first-order valence-electron chi connectivity index (χ1n) is 21.7. The number of ketones is 1. The Balaban J connectivity index is 2.41. The van der Waals surface area contributed by atoms with Crippen molar-refractivity contribution >= 4 is 19.6 Å². The number of aliphatic hydroxyl groups excluding tert-OH is 3. The fourth-order valence-electron chi connectivity index (χ4n) is 6.78. The molecule has 0 spiro atoms. The minimum absolute atomic E-state index is 0.0158. The minimum Gasteiger partial charge on any atom is -0.498 e. The van der Waals surface area contributed by atoms with Gasteiger partial charge in [-0.3, -0.25) is 18.6 Å². The molecule has 1 saturated carbocycles. The number of carbonyl (C=O) groups excluding carboxylic acids is 2. The lowest BCUT2D eigenvalue weighted by Crippen LogP contribution is -2.28. The molecular weight excluding hydrogens is 737 g/mol. The van der Waals surface area contributed by atoms with Crippen molar-refractivity contribution in [1.82, 2.24) is 0 Å². The molecule has 0 aromatic heterocycles. The molecule has 6 N–H and O–H groups in total. The molecule has 13 heteroatoms. The summed E-state index contributed by atoms with van der Waals surface area (Å²) in [5, 5.41) is 31.3. The van der Waals surface area contributed by atoms with Crippen LogP contribution < -0.4 is 5.73 Å². The molecule has 1 unspecified atom stereocenters. The average Bonchev–Trinajstić information content (AvgIpc) is 3.43. The Labute approximate surface area is 338 Å². The quantitative estimate of drug-likeness (QED) is 0.0132. The van der Waals surface area contributed by atoms with Crippen LogP contribution in [0.25, 0.3) is 0 Å². The zero-order valence-electron chi connectivity index (χ0n) is 34.7. The number of carbonyl (C=O) groups is 2. The second-order valence-electron chi connectivity index (χ2n) is 15.2. The highest BCUT2D eigenvalue weighted by molar-refractivity contribution is 7.47. The number of esters is 1. The predicted octanol–water partition coefficient (Wildman–Crippen LogP) is 8.54. The molecule has 0 amide bonds. The number of hydrogen-bond acceptors (Lipinski definition) is 11. The molecule has 0 heterocycles. The second kappa shape index (κ2) is 34.0. The van der Waals surface area contributed by atoms with Gasteiger partial charge in [0, 0.05) is 44.1 Å². The molecule has 1 rings (SSSR count). The lowest BCUT2D eigenvalue weighted by atomic mass is 9.87. The zero-order chi connectivity index (χ0) is 41.3. The van der Waals surface area contributed by atoms with Crippen LogP contribution in [0.15, 0.2) is 36.6 Å². The number of ether oxygens (including phenoxy) is 2. The van der Waals surface area contributed by atoms with Crippen molar-refractivity contribution in [2.24, 2.45) is 17.6 Å². The standard InChI is InChI=1S/C43H78NO11P/c1-3-5-7-8-9-10-11-12-13-14-15-16-17-18-19-23-30-52-34-38(35-54-56(50,51)53-31-29-44)55-43(49)26-22-21-25-37(46)32-40-39(41(47)33-42(40)48)28-27-36(45)24-20-6-4-2/h10-11,23,27-28,30,36,38-42,45,47-48H,3-9,12-22,24-26,29,31-35,44H2,1-2H3,(H,50,51)/b11-10-,28-27+,30-23+/t36-,38+,39+,40+,41+,42-/m0/s1. The van der Waals surface area contributed by atoms with Crippen LogP contribution in [0.5, 0.6) is 0 Å². The maximum absolute atomic E-state index is 12.8. The third-order valence-electron chi connectivity index (χ3n) is 10.1. The van der Waals surface area contributed by atoms with Crippen LogP contribution in [0.3, 0.4) is 0 Å². The smallest absolute Gasteiger partial charge is 0.472 e. The largest absolute Gasteiger partial charge is 0.498 e. The van der Waals surface area contributed by atoms with Gasteiger partial charge in [-0.25, -0.2) is 4.57 Å². The Bertz CT molecular complexity index is 1130. The number of unbranched alkanes of at least 4 members (excludes halogenated alkanes) is 14. The van der Waals surface area contributed by atoms with E-state index in [0.717, 1.165) is 38.5 Å². The van der Waals surface area contributed by atoms with E-state index in [1.807, 2.05) is 6.08 Å². The zero-order valence-corrected chi connectivity index (χ0v) is 35.6. The number of hydrogen-bond donors (Lipinski definition) is 5. The van der Waals surface area contributed by atoms with Gasteiger partial charge < -0.3 is 35.4 Å². The van der Waals surface area contributed by atoms with Crippen molar-refractivity contribution in [2.45, 2.75) is 186 Å². The monoisotopic (exact) mass is 816 g/mol. The number of phosphoric acid groups is 1. The second-order valence-corrected chi connectivity index (χ2v) is 16.7. The molecule has 0 bridgehead atoms. The summed E-state index contributed by atoms with van der Waals surface area (Å²) < 4.78 is 33.0. The maximum Gasteiger partial charge on any atom is 0.472 e. The van der Waals surface area contributed by atoms with Crippen molar-refractivity contribution in [2.75, 3.05) is 26.4 Å². The maximum atomic E-state index is 12.8. The molecule has 1 aliphatic rings. The van der Waals surface area contributed by atoms with Crippen molar-refractivity contribution in [3.63, 3.8) is 0 Å². The topological polar surface area (TPSA) is 195 Å². The van der Waals surface area contributed by atoms with E-state index in [2.05, 4.69) is 26.0 Å². The minimum atomic E-state index is -4.40. The SMILES string of the molecule is CCCCCC/C=C\CCCCCCCC/C=C/OC[C@H](COP(=O)(O)OCCN)OC(=O)CCCCC(=O)C[C@@H]1[C@@H](/C=C/[C@@H](O)CCCCC)[C@H](O)C[C@@H]1O. The summed E-state index contributed by atoms with van der Waals surface area (Å²) in [6, 6.07) is 0. The van der Waals surface area contributed by atoms with Crippen molar-refractivity contribution in [1.29, 1.82) is 0 Å². The van der Waals surface area contributed by atoms with E-state index in [9.17, 15) is 34.4 Å². The van der Waals surface area contributed by atoms with Crippen molar-refractivity contribution in [3.8, 4) is 0 Å². The Morgan fingerprint density at radius 3 is 2.05 bits per heavy atom. The Hall–Kier alpha value is -1.89. The molecule has 56 heavy (non-hydrogen) atoms. The summed E-state index contributed by atoms with van der Waals surface area (Å²) in [7, 11) is -4.40. The lowest BCUT2D eigenvalue weighted by Gasteiger charge is -2.20. The van der Waals surface area contributed by atoms with Gasteiger partial charge in [0.05, 0.1) is 37.8 Å². The van der Waals surface area contributed by atoms with Crippen LogP contribution in [0.1, 0.15) is 162 Å². The number of Topliss-reactive ketones (excluding diaryl/α,β-unsaturated/α-hetero) is 1. The summed E-state index contributed by atoms with van der Waals surface area (Å²) >= 11 is 0. The summed E-state index contributed by atoms with van der Waals surface area (Å²) in [6.45, 7) is 3.67. The predicted molar refractivity (Wildman–Crippen MR) is 222 cm³/mol. The Kier molecular flexibility index (Phi) is 31.7. The highest BCUT2D eigenvalue weighted by Gasteiger charge is 2.41. The molecule has 1 aliphatic carbocycles. The van der Waals surface area contributed by atoms with Crippen LogP contribution in [0, 0.1) is 11.8 Å². The molecule has 0 aliphatic heterocycles. The van der Waals surface area contributed by atoms with Gasteiger partial charge >= 0.3 is 13.8 Å². The first kappa shape index (κ1) is 52.1. The van der Waals surface area contributed by atoms with E-state index in [1.165, 1.54) is 64.2 Å². The number of nitrogens with two attached hydrogens (primary N) is 1. The van der Waals surface area contributed by atoms with E-state index in [1.54, 1.807) is 18.4 Å². The highest BCUT2D eigenvalue weighted by atomic mass is 31.2. The summed E-state index contributed by atoms with van der Waals surface area (Å²) in [5.41, 5.74) is 5.35. The third-order valence-corrected chi connectivity index (χ3v) is 11.1. The van der Waals surface area contributed by atoms with Gasteiger partial charge in [0.2, 0.25) is 0 Å². The van der Waals surface area contributed by atoms with Crippen LogP contribution in [-0.2, 0) is 32.7 Å². The van der Waals surface area contributed by atoms with Crippen LogP contribution >= 0.6 is 7.82 Å². The fraction of sp³-hybridized carbons (Fsp3) is 0.814. The van der Waals surface area contributed by atoms with Gasteiger partial charge in [-0.15, -0.1) is 0 Å². The summed E-state index contributed by atoms with van der Waals surface area (Å²) in [6.07, 6.45) is 28.8. The molecule has 0 aromatic rings. The van der Waals surface area contributed by atoms with E-state index in [0.29, 0.717) is 19.3 Å². The summed E-state index contributed by atoms with van der Waals surface area (Å²) in [5.74, 6) is -1.50. The normalized spacial score (nSPS) is 20.9. The first-order valence-corrected chi connectivity index (χ1v) is 23.2. The van der Waals surface area contributed by atoms with Crippen LogP contribution in [0.2, 0.25) is 0 Å². The Morgan fingerprint density at radius 2 is 1.39 bits per heavy atom. The van der Waals surface area contributed by atoms with E-state index in [4.69, 9.17) is 24.3 Å². The lowest BCUT2D eigenvalue weighted by molar-refractivity contribution is -0.153. The molecule has 326 valence electrons. The van der Waals surface area contributed by atoms with Crippen molar-refractivity contribution < 1.29 is 52.9 Å². The number of rotatable bonds is 37. The number of phosphoric ester groups is 1. The molecule has 0 radical (unpaired) electrons. The van der Waals surface area contributed by atoms with Gasteiger partial charge in [0.15, 0.2) is 6.10 Å². The van der Waals surface area contributed by atoms with Gasteiger partial charge in [0.1, 0.15) is 12.4 Å². The van der Waals surface area contributed by atoms with E-state index >= 15 is 0 Å². The fourth-order valence-corrected chi connectivity index (χ4v) is 7.54. The van der Waals surface area contributed by atoms with E-state index in [-0.39, 0.29) is 51.2 Å². The molecule has 0 aromatic carbocycles. The van der Waals surface area contributed by atoms with Gasteiger partial charge in [-0.1, -0.05) is 102 Å². The Morgan fingerprint density at radius 1 is 0.786 bits per heavy atom. The highest BCUT2D eigenvalue weighted by Crippen LogP contribution is 2.43. The van der Waals surface area contributed by atoms with E-state index < -0.39 is 56.7 Å². The van der Waals surface area contributed by atoms with Gasteiger partial charge in [-0.2, -0.15) is 0 Å². The molecule has 1 fully saturated rings. The molecule has 0 saturated heterocycles. The average molecular weight is 816 g/mol. The van der Waals surface area contributed by atoms with Crippen LogP contribution in [0.4, 0.5) is 0 Å². The third kappa shape index (κ3) is 27.7. The van der Waals surface area contributed by atoms with Crippen molar-refractivity contribution in [3.05, 3.63) is 36.6 Å². The molecule has 7 atom stereocenters. The summed E-state index contributed by atoms with van der Waals surface area (Å²) in [4.78, 5) is 35.4. The van der Waals surface area contributed by atoms with Crippen LogP contribution in [-0.4, -0.2) is 82.7 Å². The molecule has 12 nitrogen and oxygen atoms in total. The number of allylic oxidation sites excluding steroid dienone is 3. The first-order chi connectivity index (χ1) is 27.0. The molecular formula is C43H78NO11P. The van der Waals surface area contributed by atoms with Gasteiger partial charge in [0.25, 0.3) is 0 Å².